The number of carbonyl (C=O) groups is 1. The Labute approximate surface area is 142 Å². The fraction of sp³-hybridized carbons (Fsp3) is 0.688. The number of nitrogens with one attached hydrogen (secondary N) is 1. The summed E-state index contributed by atoms with van der Waals surface area (Å²) in [5.41, 5.74) is 5.44. The monoisotopic (exact) mass is 344 g/mol. The molecule has 0 bridgehead atoms. The van der Waals surface area contributed by atoms with Gasteiger partial charge in [-0.3, -0.25) is 4.79 Å². The minimum Gasteiger partial charge on any atom is -0.377 e. The first-order valence-electron chi connectivity index (χ1n) is 7.64. The van der Waals surface area contributed by atoms with E-state index in [1.54, 1.807) is 11.3 Å². The van der Waals surface area contributed by atoms with E-state index in [0.29, 0.717) is 0 Å². The van der Waals surface area contributed by atoms with Gasteiger partial charge in [-0.2, -0.15) is 0 Å². The van der Waals surface area contributed by atoms with E-state index >= 15 is 0 Å². The van der Waals surface area contributed by atoms with Gasteiger partial charge in [0.15, 0.2) is 0 Å². The molecule has 0 radical (unpaired) electrons. The molecule has 1 amide bonds. The molecule has 1 aliphatic heterocycles. The minimum atomic E-state index is -0.830. The summed E-state index contributed by atoms with van der Waals surface area (Å²) in [6, 6.07) is 4.04. The Hall–Kier alpha value is -0.620. The molecule has 2 heterocycles. The zero-order valence-electron chi connectivity index (χ0n) is 13.3. The van der Waals surface area contributed by atoms with Crippen molar-refractivity contribution in [1.29, 1.82) is 0 Å². The number of ether oxygens (including phenoxy) is 1. The van der Waals surface area contributed by atoms with E-state index in [1.807, 2.05) is 24.4 Å². The molecule has 1 aromatic heterocycles. The van der Waals surface area contributed by atoms with E-state index in [4.69, 9.17) is 10.5 Å². The molecule has 6 heteroatoms. The standard InChI is InChI=1S/C16H24N2O2S.ClH/c1-10(12-7-5-9-21-12)18-14(19)16(17)11-6-4-8-20-13(11)15(16,2)3;/h5,7,9-11,13H,4,6,8,17H2,1-3H3,(H,18,19);1H. The molecule has 1 aliphatic carbocycles. The molecule has 1 aromatic rings. The van der Waals surface area contributed by atoms with Crippen LogP contribution in [0, 0.1) is 11.3 Å². The molecule has 0 aromatic carbocycles. The van der Waals surface area contributed by atoms with Crippen LogP contribution < -0.4 is 11.1 Å². The second-order valence-electron chi connectivity index (χ2n) is 6.84. The molecule has 0 spiro atoms. The second-order valence-corrected chi connectivity index (χ2v) is 7.82. The fourth-order valence-electron chi connectivity index (χ4n) is 3.96. The molecule has 1 saturated heterocycles. The van der Waals surface area contributed by atoms with E-state index < -0.39 is 5.54 Å². The maximum atomic E-state index is 12.8. The minimum absolute atomic E-state index is 0. The highest BCUT2D eigenvalue weighted by Gasteiger charge is 2.70. The highest BCUT2D eigenvalue weighted by Crippen LogP contribution is 2.57. The summed E-state index contributed by atoms with van der Waals surface area (Å²) < 4.78 is 5.86. The van der Waals surface area contributed by atoms with Gasteiger partial charge >= 0.3 is 0 Å². The third-order valence-electron chi connectivity index (χ3n) is 5.38. The van der Waals surface area contributed by atoms with Crippen molar-refractivity contribution in [3.8, 4) is 0 Å². The van der Waals surface area contributed by atoms with Crippen molar-refractivity contribution in [2.75, 3.05) is 6.61 Å². The van der Waals surface area contributed by atoms with Gasteiger partial charge in [0.2, 0.25) is 5.91 Å². The van der Waals surface area contributed by atoms with Crippen LogP contribution in [0.15, 0.2) is 17.5 Å². The molecule has 4 atom stereocenters. The third kappa shape index (κ3) is 2.39. The number of nitrogens with two attached hydrogens (primary N) is 1. The molecule has 1 saturated carbocycles. The molecule has 2 fully saturated rings. The smallest absolute Gasteiger partial charge is 0.241 e. The molecular weight excluding hydrogens is 320 g/mol. The molecule has 3 rings (SSSR count). The van der Waals surface area contributed by atoms with Gasteiger partial charge < -0.3 is 15.8 Å². The first kappa shape index (κ1) is 17.7. The van der Waals surface area contributed by atoms with Crippen molar-refractivity contribution in [2.24, 2.45) is 17.1 Å². The van der Waals surface area contributed by atoms with Crippen LogP contribution in [0.3, 0.4) is 0 Å². The number of rotatable bonds is 3. The number of hydrogen-bond acceptors (Lipinski definition) is 4. The number of thiophene rings is 1. The largest absolute Gasteiger partial charge is 0.377 e. The van der Waals surface area contributed by atoms with E-state index in [-0.39, 0.29) is 41.8 Å². The Morgan fingerprint density at radius 2 is 2.27 bits per heavy atom. The van der Waals surface area contributed by atoms with Gasteiger partial charge in [-0.05, 0) is 31.2 Å². The molecule has 124 valence electrons. The lowest BCUT2D eigenvalue weighted by Crippen LogP contribution is -2.82. The summed E-state index contributed by atoms with van der Waals surface area (Å²) in [6.45, 7) is 6.89. The van der Waals surface area contributed by atoms with Crippen molar-refractivity contribution >= 4 is 29.7 Å². The van der Waals surface area contributed by atoms with Crippen LogP contribution in [0.4, 0.5) is 0 Å². The molecule has 4 unspecified atom stereocenters. The van der Waals surface area contributed by atoms with Crippen LogP contribution >= 0.6 is 23.7 Å². The zero-order chi connectivity index (χ0) is 15.3. The highest BCUT2D eigenvalue weighted by atomic mass is 35.5. The maximum Gasteiger partial charge on any atom is 0.241 e. The number of halogens is 1. The van der Waals surface area contributed by atoms with Crippen LogP contribution in [-0.4, -0.2) is 24.2 Å². The Bertz CT molecular complexity index is 534. The van der Waals surface area contributed by atoms with Crippen molar-refractivity contribution < 1.29 is 9.53 Å². The average Bonchev–Trinajstić information content (AvgIpc) is 3.00. The van der Waals surface area contributed by atoms with Crippen molar-refractivity contribution in [3.05, 3.63) is 22.4 Å². The van der Waals surface area contributed by atoms with E-state index in [9.17, 15) is 4.79 Å². The molecular formula is C16H25ClN2O2S. The highest BCUT2D eigenvalue weighted by molar-refractivity contribution is 7.10. The van der Waals surface area contributed by atoms with Crippen molar-refractivity contribution in [1.82, 2.24) is 5.32 Å². The van der Waals surface area contributed by atoms with E-state index in [2.05, 4.69) is 19.2 Å². The number of amides is 1. The van der Waals surface area contributed by atoms with Crippen LogP contribution in [0.1, 0.15) is 44.5 Å². The lowest BCUT2D eigenvalue weighted by Gasteiger charge is -2.65. The Morgan fingerprint density at radius 1 is 1.55 bits per heavy atom. The van der Waals surface area contributed by atoms with Gasteiger partial charge in [-0.1, -0.05) is 19.9 Å². The van der Waals surface area contributed by atoms with Gasteiger partial charge in [-0.25, -0.2) is 0 Å². The summed E-state index contributed by atoms with van der Waals surface area (Å²) in [7, 11) is 0. The predicted octanol–water partition coefficient (Wildman–Crippen LogP) is 2.88. The van der Waals surface area contributed by atoms with Crippen LogP contribution in [0.25, 0.3) is 0 Å². The van der Waals surface area contributed by atoms with Gasteiger partial charge in [0.1, 0.15) is 5.54 Å². The predicted molar refractivity (Wildman–Crippen MR) is 91.3 cm³/mol. The molecule has 4 nitrogen and oxygen atoms in total. The lowest BCUT2D eigenvalue weighted by molar-refractivity contribution is -0.225. The number of carbonyl (C=O) groups excluding carboxylic acids is 1. The molecule has 22 heavy (non-hydrogen) atoms. The van der Waals surface area contributed by atoms with Crippen LogP contribution in [-0.2, 0) is 9.53 Å². The van der Waals surface area contributed by atoms with Gasteiger partial charge in [0, 0.05) is 22.8 Å². The summed E-state index contributed by atoms with van der Waals surface area (Å²) in [4.78, 5) is 14.0. The third-order valence-corrected chi connectivity index (χ3v) is 6.43. The topological polar surface area (TPSA) is 64.4 Å². The van der Waals surface area contributed by atoms with Gasteiger partial charge in [0.05, 0.1) is 12.1 Å². The Balaban J connectivity index is 0.00000176. The van der Waals surface area contributed by atoms with Crippen LogP contribution in [0.5, 0.6) is 0 Å². The number of hydrogen-bond donors (Lipinski definition) is 2. The summed E-state index contributed by atoms with van der Waals surface area (Å²) in [6.07, 6.45) is 2.08. The second kappa shape index (κ2) is 6.11. The van der Waals surface area contributed by atoms with Crippen LogP contribution in [0.2, 0.25) is 0 Å². The summed E-state index contributed by atoms with van der Waals surface area (Å²) >= 11 is 1.65. The number of fused-ring (bicyclic) bond motifs is 1. The molecule has 2 aliphatic rings. The maximum absolute atomic E-state index is 12.8. The zero-order valence-corrected chi connectivity index (χ0v) is 14.9. The van der Waals surface area contributed by atoms with E-state index in [0.717, 1.165) is 24.3 Å². The van der Waals surface area contributed by atoms with Crippen molar-refractivity contribution in [2.45, 2.75) is 51.3 Å². The lowest BCUT2D eigenvalue weighted by atomic mass is 9.46. The normalized spacial score (nSPS) is 33.8. The van der Waals surface area contributed by atoms with Gasteiger partial charge in [0.25, 0.3) is 0 Å². The average molecular weight is 345 g/mol. The Morgan fingerprint density at radius 3 is 2.91 bits per heavy atom. The van der Waals surface area contributed by atoms with Crippen molar-refractivity contribution in [3.63, 3.8) is 0 Å². The summed E-state index contributed by atoms with van der Waals surface area (Å²) in [5, 5.41) is 5.13. The summed E-state index contributed by atoms with van der Waals surface area (Å²) in [5.74, 6) is 0.0944. The molecule has 3 N–H and O–H groups in total. The Kier molecular flexibility index (Phi) is 4.93. The fourth-order valence-corrected chi connectivity index (χ4v) is 4.70. The quantitative estimate of drug-likeness (QED) is 0.886. The first-order valence-corrected chi connectivity index (χ1v) is 8.52. The SMILES string of the molecule is CC(NC(=O)C1(N)C2CCCOC2C1(C)C)c1cccs1.Cl. The van der Waals surface area contributed by atoms with E-state index in [1.165, 1.54) is 0 Å². The first-order chi connectivity index (χ1) is 9.89. The van der Waals surface area contributed by atoms with Gasteiger partial charge in [-0.15, -0.1) is 23.7 Å².